The zero-order valence-electron chi connectivity index (χ0n) is 20.8. The van der Waals surface area contributed by atoms with Crippen molar-refractivity contribution in [2.24, 2.45) is 5.41 Å². The molecule has 0 aliphatic heterocycles. The Labute approximate surface area is 222 Å². The summed E-state index contributed by atoms with van der Waals surface area (Å²) in [6.07, 6.45) is 1.87. The van der Waals surface area contributed by atoms with Crippen LogP contribution in [0.1, 0.15) is 58.5 Å². The summed E-state index contributed by atoms with van der Waals surface area (Å²) in [6.45, 7) is 6.21. The Hall–Kier alpha value is -3.62. The van der Waals surface area contributed by atoms with E-state index in [4.69, 9.17) is 15.7 Å². The highest BCUT2D eigenvalue weighted by Crippen LogP contribution is 2.42. The summed E-state index contributed by atoms with van der Waals surface area (Å²) >= 11 is 2.91. The molecule has 0 saturated carbocycles. The molecule has 2 aromatic carbocycles. The van der Waals surface area contributed by atoms with Crippen LogP contribution in [0.3, 0.4) is 0 Å². The van der Waals surface area contributed by atoms with Crippen LogP contribution in [-0.2, 0) is 12.8 Å². The molecular formula is C29H26N4O2S2. The number of benzene rings is 2. The van der Waals surface area contributed by atoms with Gasteiger partial charge in [-0.3, -0.25) is 9.59 Å². The van der Waals surface area contributed by atoms with E-state index < -0.39 is 0 Å². The number of ketones is 1. The lowest BCUT2D eigenvalue weighted by molar-refractivity contribution is 0.0909. The maximum atomic E-state index is 13.4. The predicted octanol–water partition coefficient (Wildman–Crippen LogP) is 7.13. The minimum atomic E-state index is -0.284. The van der Waals surface area contributed by atoms with Crippen LogP contribution in [0, 0.1) is 5.41 Å². The smallest absolute Gasteiger partial charge is 0.267 e. The van der Waals surface area contributed by atoms with Gasteiger partial charge in [0.05, 0.1) is 21.6 Å². The molecular weight excluding hydrogens is 500 g/mol. The van der Waals surface area contributed by atoms with Crippen LogP contribution < -0.4 is 11.1 Å². The molecule has 1 aliphatic carbocycles. The first kappa shape index (κ1) is 23.8. The van der Waals surface area contributed by atoms with Crippen LogP contribution in [-0.4, -0.2) is 21.7 Å². The summed E-state index contributed by atoms with van der Waals surface area (Å²) in [5.41, 5.74) is 11.8. The molecule has 3 heterocycles. The molecule has 1 aliphatic rings. The number of nitrogens with one attached hydrogen (secondary N) is 1. The van der Waals surface area contributed by atoms with Crippen LogP contribution >= 0.6 is 22.7 Å². The summed E-state index contributed by atoms with van der Waals surface area (Å²) < 4.78 is 1.12. The van der Waals surface area contributed by atoms with Gasteiger partial charge in [0.15, 0.2) is 5.78 Å². The normalized spacial score (nSPS) is 14.7. The first-order valence-corrected chi connectivity index (χ1v) is 13.9. The molecule has 0 saturated heterocycles. The van der Waals surface area contributed by atoms with Crippen molar-refractivity contribution in [2.45, 2.75) is 40.0 Å². The number of aryl methyl sites for hydroxylation is 1. The van der Waals surface area contributed by atoms with Gasteiger partial charge in [-0.2, -0.15) is 0 Å². The number of fused-ring (bicyclic) bond motifs is 3. The molecule has 0 radical (unpaired) electrons. The number of hydrogen-bond acceptors (Lipinski definition) is 7. The monoisotopic (exact) mass is 526 g/mol. The van der Waals surface area contributed by atoms with Crippen LogP contribution in [0.4, 0.5) is 11.4 Å². The molecule has 0 bridgehead atoms. The number of aromatic nitrogens is 2. The Morgan fingerprint density at radius 1 is 1.08 bits per heavy atom. The largest absolute Gasteiger partial charge is 0.397 e. The minimum Gasteiger partial charge on any atom is -0.397 e. The van der Waals surface area contributed by atoms with E-state index in [2.05, 4.69) is 25.2 Å². The fourth-order valence-electron chi connectivity index (χ4n) is 5.21. The Morgan fingerprint density at radius 2 is 1.89 bits per heavy atom. The lowest BCUT2D eigenvalue weighted by atomic mass is 9.74. The maximum absolute atomic E-state index is 13.4. The molecule has 0 spiro atoms. The van der Waals surface area contributed by atoms with Crippen molar-refractivity contribution in [2.75, 3.05) is 11.1 Å². The molecule has 6 rings (SSSR count). The first-order valence-electron chi connectivity index (χ1n) is 12.3. The van der Waals surface area contributed by atoms with Gasteiger partial charge in [-0.05, 0) is 48.1 Å². The predicted molar refractivity (Wildman–Crippen MR) is 153 cm³/mol. The number of nitrogens with two attached hydrogens (primary N) is 1. The molecule has 186 valence electrons. The first-order chi connectivity index (χ1) is 17.7. The number of nitrogen functional groups attached to an aromatic ring is 1. The minimum absolute atomic E-state index is 0.112. The van der Waals surface area contributed by atoms with Crippen molar-refractivity contribution < 1.29 is 9.59 Å². The molecule has 6 nitrogen and oxygen atoms in total. The van der Waals surface area contributed by atoms with E-state index in [1.165, 1.54) is 11.3 Å². The van der Waals surface area contributed by atoms with Crippen molar-refractivity contribution in [3.05, 3.63) is 70.2 Å². The third-order valence-electron chi connectivity index (χ3n) is 6.84. The number of nitrogens with zero attached hydrogens (tertiary/aromatic N) is 2. The number of thiophene rings is 1. The lowest BCUT2D eigenvalue weighted by Gasteiger charge is -2.30. The number of pyridine rings is 1. The molecule has 3 N–H and O–H groups in total. The Balaban J connectivity index is 1.36. The van der Waals surface area contributed by atoms with Gasteiger partial charge in [-0.1, -0.05) is 45.0 Å². The van der Waals surface area contributed by atoms with Crippen molar-refractivity contribution >= 4 is 66.2 Å². The van der Waals surface area contributed by atoms with Gasteiger partial charge in [0.25, 0.3) is 5.91 Å². The highest BCUT2D eigenvalue weighted by Gasteiger charge is 2.35. The van der Waals surface area contributed by atoms with E-state index in [0.717, 1.165) is 43.9 Å². The van der Waals surface area contributed by atoms with E-state index in [1.807, 2.05) is 49.4 Å². The molecule has 0 atom stereocenters. The zero-order chi connectivity index (χ0) is 25.9. The average molecular weight is 527 g/mol. The third-order valence-corrected chi connectivity index (χ3v) is 9.02. The number of amides is 1. The number of Topliss-reactive ketones (excluding diaryl/α,β-unsaturated/α-hetero) is 1. The molecule has 37 heavy (non-hydrogen) atoms. The summed E-state index contributed by atoms with van der Waals surface area (Å²) in [6, 6.07) is 15.7. The van der Waals surface area contributed by atoms with Gasteiger partial charge in [0, 0.05) is 28.6 Å². The van der Waals surface area contributed by atoms with Gasteiger partial charge in [-0.25, -0.2) is 9.97 Å². The molecule has 0 unspecified atom stereocenters. The van der Waals surface area contributed by atoms with Crippen molar-refractivity contribution in [3.63, 3.8) is 0 Å². The molecule has 1 amide bonds. The summed E-state index contributed by atoms with van der Waals surface area (Å²) in [5, 5.41) is 4.65. The Morgan fingerprint density at radius 3 is 2.68 bits per heavy atom. The lowest BCUT2D eigenvalue weighted by Crippen LogP contribution is -2.29. The van der Waals surface area contributed by atoms with Gasteiger partial charge >= 0.3 is 0 Å². The fraction of sp³-hybridized carbons (Fsp3) is 0.241. The molecule has 8 heteroatoms. The SMILES string of the molecule is CCc1c2c(nc3sc(C(=O)Nc4cccc(-c5nc6ccccc6s5)c4)c(N)c13)CC(C)(C)CC2=O. The fourth-order valence-corrected chi connectivity index (χ4v) is 7.21. The maximum Gasteiger partial charge on any atom is 0.267 e. The number of rotatable bonds is 4. The number of thiazole rings is 1. The summed E-state index contributed by atoms with van der Waals surface area (Å²) in [4.78, 5) is 37.2. The molecule has 3 aromatic heterocycles. The van der Waals surface area contributed by atoms with E-state index in [0.29, 0.717) is 39.5 Å². The second-order valence-electron chi connectivity index (χ2n) is 10.3. The highest BCUT2D eigenvalue weighted by atomic mass is 32.1. The zero-order valence-corrected chi connectivity index (χ0v) is 22.5. The third kappa shape index (κ3) is 4.10. The van der Waals surface area contributed by atoms with Crippen molar-refractivity contribution in [1.29, 1.82) is 0 Å². The Kier molecular flexibility index (Phi) is 5.62. The van der Waals surface area contributed by atoms with Gasteiger partial charge < -0.3 is 11.1 Å². The number of hydrogen-bond donors (Lipinski definition) is 2. The second-order valence-corrected chi connectivity index (χ2v) is 12.3. The number of carbonyl (C=O) groups excluding carboxylic acids is 2. The van der Waals surface area contributed by atoms with Crippen LogP contribution in [0.15, 0.2) is 48.5 Å². The average Bonchev–Trinajstić information content (AvgIpc) is 3.43. The van der Waals surface area contributed by atoms with Crippen LogP contribution in [0.5, 0.6) is 0 Å². The quantitative estimate of drug-likeness (QED) is 0.260. The van der Waals surface area contributed by atoms with Crippen LogP contribution in [0.2, 0.25) is 0 Å². The van der Waals surface area contributed by atoms with E-state index in [-0.39, 0.29) is 17.1 Å². The van der Waals surface area contributed by atoms with E-state index >= 15 is 0 Å². The molecule has 0 fully saturated rings. The summed E-state index contributed by atoms with van der Waals surface area (Å²) in [5.74, 6) is -0.172. The Bertz CT molecular complexity index is 1700. The van der Waals surface area contributed by atoms with Crippen molar-refractivity contribution in [3.8, 4) is 10.6 Å². The topological polar surface area (TPSA) is 98.0 Å². The standard InChI is InChI=1S/C29H26N4O2S2/c1-4-17-22-19(13-29(2,3)14-20(22)34)33-28-23(17)24(30)25(37-28)26(35)31-16-9-7-8-15(12-16)27-32-18-10-5-6-11-21(18)36-27/h5-12H,4,13-14,30H2,1-3H3,(H,31,35). The van der Waals surface area contributed by atoms with Crippen molar-refractivity contribution in [1.82, 2.24) is 9.97 Å². The van der Waals surface area contributed by atoms with Gasteiger partial charge in [-0.15, -0.1) is 22.7 Å². The molecule has 5 aromatic rings. The van der Waals surface area contributed by atoms with Gasteiger partial charge in [0.2, 0.25) is 0 Å². The summed E-state index contributed by atoms with van der Waals surface area (Å²) in [7, 11) is 0. The highest BCUT2D eigenvalue weighted by molar-refractivity contribution is 7.22. The van der Waals surface area contributed by atoms with E-state index in [1.54, 1.807) is 11.3 Å². The number of carbonyl (C=O) groups is 2. The van der Waals surface area contributed by atoms with Gasteiger partial charge in [0.1, 0.15) is 14.7 Å². The van der Waals surface area contributed by atoms with Crippen LogP contribution in [0.25, 0.3) is 31.0 Å². The number of para-hydroxylation sites is 1. The van der Waals surface area contributed by atoms with E-state index in [9.17, 15) is 9.59 Å². The second kappa shape index (κ2) is 8.75. The number of anilines is 2.